The highest BCUT2D eigenvalue weighted by molar-refractivity contribution is 9.10. The Bertz CT molecular complexity index is 535. The minimum atomic E-state index is -1.04. The van der Waals surface area contributed by atoms with E-state index in [-0.39, 0.29) is 12.3 Å². The summed E-state index contributed by atoms with van der Waals surface area (Å²) >= 11 is 3.30. The molecule has 1 heterocycles. The Hall–Kier alpha value is -1.43. The molecule has 0 bridgehead atoms. The molecule has 1 N–H and O–H groups in total. The van der Waals surface area contributed by atoms with Gasteiger partial charge >= 0.3 is 5.97 Å². The van der Waals surface area contributed by atoms with Crippen LogP contribution in [0.25, 0.3) is 0 Å². The molecule has 1 fully saturated rings. The van der Waals surface area contributed by atoms with Gasteiger partial charge in [0.25, 0.3) is 0 Å². The van der Waals surface area contributed by atoms with E-state index in [9.17, 15) is 19.1 Å². The lowest BCUT2D eigenvalue weighted by Crippen LogP contribution is -2.30. The second-order valence-corrected chi connectivity index (χ2v) is 5.29. The number of carboxylic acids is 1. The highest BCUT2D eigenvalue weighted by atomic mass is 79.9. The first kappa shape index (κ1) is 14.0. The van der Waals surface area contributed by atoms with E-state index in [1.54, 1.807) is 6.92 Å². The van der Waals surface area contributed by atoms with Crippen molar-refractivity contribution in [2.45, 2.75) is 19.4 Å². The van der Waals surface area contributed by atoms with Crippen LogP contribution in [0.2, 0.25) is 0 Å². The van der Waals surface area contributed by atoms with Crippen LogP contribution in [0.4, 0.5) is 4.39 Å². The van der Waals surface area contributed by atoms with Gasteiger partial charge in [0.1, 0.15) is 5.82 Å². The van der Waals surface area contributed by atoms with Gasteiger partial charge in [-0.2, -0.15) is 0 Å². The molecule has 19 heavy (non-hydrogen) atoms. The molecular weight excluding hydrogens is 317 g/mol. The first-order valence-corrected chi connectivity index (χ1v) is 6.72. The number of hydrogen-bond acceptors (Lipinski definition) is 2. The molecule has 0 spiro atoms. The summed E-state index contributed by atoms with van der Waals surface area (Å²) in [5.74, 6) is -2.54. The number of amides is 1. The van der Waals surface area contributed by atoms with Gasteiger partial charge in [-0.05, 0) is 30.7 Å². The molecule has 0 aliphatic carbocycles. The van der Waals surface area contributed by atoms with Crippen LogP contribution < -0.4 is 0 Å². The van der Waals surface area contributed by atoms with Crippen molar-refractivity contribution in [3.05, 3.63) is 34.1 Å². The summed E-state index contributed by atoms with van der Waals surface area (Å²) in [5, 5.41) is 9.25. The fourth-order valence-electron chi connectivity index (χ4n) is 2.51. The molecule has 1 aliphatic heterocycles. The molecule has 1 aromatic rings. The highest BCUT2D eigenvalue weighted by Gasteiger charge is 2.44. The molecule has 2 rings (SSSR count). The lowest BCUT2D eigenvalue weighted by Gasteiger charge is -2.27. The van der Waals surface area contributed by atoms with Crippen molar-refractivity contribution in [1.82, 2.24) is 4.90 Å². The van der Waals surface area contributed by atoms with Crippen molar-refractivity contribution in [3.63, 3.8) is 0 Å². The Morgan fingerprint density at radius 2 is 2.26 bits per heavy atom. The number of carboxylic acid groups (broad SMARTS) is 1. The van der Waals surface area contributed by atoms with Crippen molar-refractivity contribution in [3.8, 4) is 0 Å². The topological polar surface area (TPSA) is 57.6 Å². The monoisotopic (exact) mass is 329 g/mol. The van der Waals surface area contributed by atoms with Crippen molar-refractivity contribution < 1.29 is 19.1 Å². The van der Waals surface area contributed by atoms with E-state index in [0.717, 1.165) is 0 Å². The summed E-state index contributed by atoms with van der Waals surface area (Å²) in [5.41, 5.74) is 0.500. The van der Waals surface area contributed by atoms with Gasteiger partial charge in [0.2, 0.25) is 5.91 Å². The summed E-state index contributed by atoms with van der Waals surface area (Å²) in [6, 6.07) is 3.47. The maximum Gasteiger partial charge on any atom is 0.309 e. The predicted molar refractivity (Wildman–Crippen MR) is 70.0 cm³/mol. The summed E-state index contributed by atoms with van der Waals surface area (Å²) < 4.78 is 14.0. The Kier molecular flexibility index (Phi) is 3.89. The zero-order chi connectivity index (χ0) is 14.2. The van der Waals surface area contributed by atoms with Gasteiger partial charge in [-0.25, -0.2) is 4.39 Å². The van der Waals surface area contributed by atoms with Crippen LogP contribution in [0.1, 0.15) is 24.9 Å². The van der Waals surface area contributed by atoms with Crippen molar-refractivity contribution in [2.75, 3.05) is 6.54 Å². The number of carbonyl (C=O) groups excluding carboxylic acids is 1. The lowest BCUT2D eigenvalue weighted by molar-refractivity contribution is -0.142. The number of hydrogen-bond donors (Lipinski definition) is 1. The summed E-state index contributed by atoms with van der Waals surface area (Å²) in [7, 11) is 0. The molecule has 2 atom stereocenters. The Morgan fingerprint density at radius 1 is 1.58 bits per heavy atom. The molecule has 0 saturated carbocycles. The molecule has 4 nitrogen and oxygen atoms in total. The maximum atomic E-state index is 13.4. The average Bonchev–Trinajstić information content (AvgIpc) is 2.69. The third-order valence-corrected chi connectivity index (χ3v) is 4.09. The molecule has 6 heteroatoms. The number of aliphatic carboxylic acids is 1. The van der Waals surface area contributed by atoms with Crippen molar-refractivity contribution in [2.24, 2.45) is 5.92 Å². The molecular formula is C13H13BrFNO3. The molecule has 1 aromatic carbocycles. The minimum Gasteiger partial charge on any atom is -0.481 e. The van der Waals surface area contributed by atoms with E-state index >= 15 is 0 Å². The molecule has 102 valence electrons. The fourth-order valence-corrected chi connectivity index (χ4v) is 2.99. The first-order valence-electron chi connectivity index (χ1n) is 5.93. The number of halogens is 2. The van der Waals surface area contributed by atoms with Gasteiger partial charge in [0, 0.05) is 17.4 Å². The van der Waals surface area contributed by atoms with Crippen LogP contribution in [0, 0.1) is 11.7 Å². The minimum absolute atomic E-state index is 0.0448. The van der Waals surface area contributed by atoms with E-state index in [1.165, 1.54) is 23.1 Å². The average molecular weight is 330 g/mol. The van der Waals surface area contributed by atoms with Crippen LogP contribution in [0.3, 0.4) is 0 Å². The zero-order valence-electron chi connectivity index (χ0n) is 10.3. The molecule has 1 aliphatic rings. The smallest absolute Gasteiger partial charge is 0.309 e. The summed E-state index contributed by atoms with van der Waals surface area (Å²) in [4.78, 5) is 24.6. The van der Waals surface area contributed by atoms with E-state index < -0.39 is 23.7 Å². The SMILES string of the molecule is CCN1C(=O)CC(C(=O)O)C1c1cc(F)ccc1Br. The van der Waals surface area contributed by atoms with Crippen molar-refractivity contribution >= 4 is 27.8 Å². The number of rotatable bonds is 3. The molecule has 0 aromatic heterocycles. The van der Waals surface area contributed by atoms with Gasteiger partial charge < -0.3 is 10.0 Å². The van der Waals surface area contributed by atoms with Gasteiger partial charge in [-0.3, -0.25) is 9.59 Å². The van der Waals surface area contributed by atoms with E-state index in [1.807, 2.05) is 0 Å². The Morgan fingerprint density at radius 3 is 2.84 bits per heavy atom. The highest BCUT2D eigenvalue weighted by Crippen LogP contribution is 2.41. The second kappa shape index (κ2) is 5.28. The van der Waals surface area contributed by atoms with Gasteiger partial charge in [0.05, 0.1) is 12.0 Å². The van der Waals surface area contributed by atoms with E-state index in [2.05, 4.69) is 15.9 Å². The van der Waals surface area contributed by atoms with Crippen LogP contribution in [-0.4, -0.2) is 28.4 Å². The van der Waals surface area contributed by atoms with Gasteiger partial charge in [-0.1, -0.05) is 15.9 Å². The number of benzene rings is 1. The third-order valence-electron chi connectivity index (χ3n) is 3.37. The predicted octanol–water partition coefficient (Wildman–Crippen LogP) is 2.58. The van der Waals surface area contributed by atoms with Crippen LogP contribution in [-0.2, 0) is 9.59 Å². The van der Waals surface area contributed by atoms with Gasteiger partial charge in [0.15, 0.2) is 0 Å². The zero-order valence-corrected chi connectivity index (χ0v) is 11.9. The Balaban J connectivity index is 2.51. The second-order valence-electron chi connectivity index (χ2n) is 4.44. The quantitative estimate of drug-likeness (QED) is 0.927. The number of likely N-dealkylation sites (tertiary alicyclic amines) is 1. The van der Waals surface area contributed by atoms with Crippen LogP contribution >= 0.6 is 15.9 Å². The maximum absolute atomic E-state index is 13.4. The summed E-state index contributed by atoms with van der Waals surface area (Å²) in [6.07, 6.45) is -0.0448. The van der Waals surface area contributed by atoms with Crippen LogP contribution in [0.15, 0.2) is 22.7 Å². The van der Waals surface area contributed by atoms with E-state index in [4.69, 9.17) is 0 Å². The largest absolute Gasteiger partial charge is 0.481 e. The first-order chi connectivity index (χ1) is 8.95. The van der Waals surface area contributed by atoms with Crippen molar-refractivity contribution in [1.29, 1.82) is 0 Å². The van der Waals surface area contributed by atoms with E-state index in [0.29, 0.717) is 16.6 Å². The standard InChI is InChI=1S/C13H13BrFNO3/c1-2-16-11(17)6-9(13(18)19)12(16)8-5-7(15)3-4-10(8)14/h3-5,9,12H,2,6H2,1H3,(H,18,19). The molecule has 1 saturated heterocycles. The Labute approximate surface area is 118 Å². The summed E-state index contributed by atoms with van der Waals surface area (Å²) in [6.45, 7) is 2.18. The lowest BCUT2D eigenvalue weighted by atomic mass is 9.93. The van der Waals surface area contributed by atoms with Crippen LogP contribution in [0.5, 0.6) is 0 Å². The molecule has 1 amide bonds. The number of nitrogens with zero attached hydrogens (tertiary/aromatic N) is 1. The molecule has 0 radical (unpaired) electrons. The normalized spacial score (nSPS) is 22.9. The van der Waals surface area contributed by atoms with Gasteiger partial charge in [-0.15, -0.1) is 0 Å². The molecule has 2 unspecified atom stereocenters. The fraction of sp³-hybridized carbons (Fsp3) is 0.385. The third kappa shape index (κ3) is 2.49. The number of carbonyl (C=O) groups is 2.